The van der Waals surface area contributed by atoms with Crippen LogP contribution in [0.5, 0.6) is 11.5 Å². The molecular formula is C27H24F2N4O3. The lowest BCUT2D eigenvalue weighted by Gasteiger charge is -2.27. The smallest absolute Gasteiger partial charge is 0.255 e. The number of hydrogen-bond acceptors (Lipinski definition) is 5. The Hall–Kier alpha value is -4.14. The number of ether oxygens (including phenoxy) is 2. The molecule has 2 aliphatic heterocycles. The molecule has 0 bridgehead atoms. The second-order valence-corrected chi connectivity index (χ2v) is 9.00. The van der Waals surface area contributed by atoms with Gasteiger partial charge >= 0.3 is 0 Å². The van der Waals surface area contributed by atoms with Crippen LogP contribution < -0.4 is 19.7 Å². The highest BCUT2D eigenvalue weighted by molar-refractivity contribution is 6.01. The molecule has 2 aromatic carbocycles. The lowest BCUT2D eigenvalue weighted by molar-refractivity contribution is 0.0790. The van der Waals surface area contributed by atoms with Gasteiger partial charge in [-0.1, -0.05) is 12.1 Å². The maximum Gasteiger partial charge on any atom is 0.255 e. The van der Waals surface area contributed by atoms with Gasteiger partial charge in [0.2, 0.25) is 0 Å². The summed E-state index contributed by atoms with van der Waals surface area (Å²) in [7, 11) is 0. The molecule has 4 heterocycles. The number of pyridine rings is 1. The number of nitrogens with one attached hydrogen (secondary N) is 1. The van der Waals surface area contributed by atoms with E-state index in [0.717, 1.165) is 18.2 Å². The third-order valence-corrected chi connectivity index (χ3v) is 6.71. The van der Waals surface area contributed by atoms with E-state index in [1.165, 1.54) is 18.3 Å². The second kappa shape index (κ2) is 9.14. The number of carbonyl (C=O) groups excluding carboxylic acids is 1. The Morgan fingerprint density at radius 3 is 2.86 bits per heavy atom. The number of benzene rings is 2. The molecule has 0 spiro atoms. The molecule has 0 aliphatic carbocycles. The average Bonchev–Trinajstić information content (AvgIpc) is 3.55. The van der Waals surface area contributed by atoms with Crippen molar-refractivity contribution >= 4 is 17.1 Å². The molecule has 1 fully saturated rings. The number of hydrogen-bond donors (Lipinski definition) is 1. The van der Waals surface area contributed by atoms with Crippen molar-refractivity contribution in [1.29, 1.82) is 0 Å². The molecule has 4 aromatic rings. The van der Waals surface area contributed by atoms with Crippen LogP contribution >= 0.6 is 0 Å². The fourth-order valence-electron chi connectivity index (χ4n) is 4.96. The minimum atomic E-state index is -0.459. The summed E-state index contributed by atoms with van der Waals surface area (Å²) in [6.07, 6.45) is 4.55. The number of amides is 1. The lowest BCUT2D eigenvalue weighted by atomic mass is 10.0. The first kappa shape index (κ1) is 22.3. The molecule has 184 valence electrons. The normalized spacial score (nSPS) is 19.0. The summed E-state index contributed by atoms with van der Waals surface area (Å²) >= 11 is 0. The fraction of sp³-hybridized carbons (Fsp3) is 0.259. The number of halogens is 2. The highest BCUT2D eigenvalue weighted by Crippen LogP contribution is 2.38. The van der Waals surface area contributed by atoms with Gasteiger partial charge in [0.15, 0.2) is 11.5 Å². The highest BCUT2D eigenvalue weighted by atomic mass is 19.1. The Morgan fingerprint density at radius 2 is 1.97 bits per heavy atom. The van der Waals surface area contributed by atoms with E-state index in [2.05, 4.69) is 15.3 Å². The van der Waals surface area contributed by atoms with Gasteiger partial charge in [-0.15, -0.1) is 0 Å². The minimum Gasteiger partial charge on any atom is -0.486 e. The molecule has 0 radical (unpaired) electrons. The first-order valence-corrected chi connectivity index (χ1v) is 11.9. The molecule has 2 aliphatic rings. The van der Waals surface area contributed by atoms with Crippen LogP contribution in [0, 0.1) is 11.6 Å². The van der Waals surface area contributed by atoms with Gasteiger partial charge in [-0.25, -0.2) is 13.3 Å². The Kier molecular flexibility index (Phi) is 5.67. The number of aromatic nitrogens is 2. The van der Waals surface area contributed by atoms with Crippen molar-refractivity contribution in [2.45, 2.75) is 25.0 Å². The Morgan fingerprint density at radius 1 is 1.11 bits per heavy atom. The largest absolute Gasteiger partial charge is 0.486 e. The molecule has 9 heteroatoms. The number of para-hydroxylation sites is 2. The van der Waals surface area contributed by atoms with Crippen molar-refractivity contribution in [2.75, 3.05) is 24.6 Å². The van der Waals surface area contributed by atoms with Gasteiger partial charge in [0.25, 0.3) is 5.91 Å². The standard InChI is InChI=1S/C27H24F2N4O3/c28-17-7-8-22(29)20(12-17)23-4-3-10-32(23)18-9-11-33-24(13-18)21(15-31-33)27(34)30-14-19-16-35-25-5-1-2-6-26(25)36-19/h1-2,5-9,11-13,15,19,23H,3-4,10,14,16H2,(H,30,34). The summed E-state index contributed by atoms with van der Waals surface area (Å²) in [4.78, 5) is 15.1. The van der Waals surface area contributed by atoms with E-state index in [9.17, 15) is 13.6 Å². The maximum atomic E-state index is 14.5. The molecule has 0 saturated carbocycles. The van der Waals surface area contributed by atoms with E-state index in [4.69, 9.17) is 9.47 Å². The van der Waals surface area contributed by atoms with E-state index in [-0.39, 0.29) is 24.6 Å². The van der Waals surface area contributed by atoms with Crippen molar-refractivity contribution in [2.24, 2.45) is 0 Å². The van der Waals surface area contributed by atoms with Crippen molar-refractivity contribution in [3.8, 4) is 11.5 Å². The molecule has 36 heavy (non-hydrogen) atoms. The SMILES string of the molecule is O=C(NCC1COc2ccccc2O1)c1cnn2ccc(N3CCCC3c3cc(F)ccc3F)cc12. The predicted molar refractivity (Wildman–Crippen MR) is 130 cm³/mol. The summed E-state index contributed by atoms with van der Waals surface area (Å²) in [6.45, 7) is 1.31. The molecule has 1 amide bonds. The van der Waals surface area contributed by atoms with Crippen molar-refractivity contribution in [3.05, 3.63) is 89.8 Å². The van der Waals surface area contributed by atoms with E-state index in [0.29, 0.717) is 47.7 Å². The van der Waals surface area contributed by atoms with Crippen LogP contribution in [0.2, 0.25) is 0 Å². The zero-order valence-corrected chi connectivity index (χ0v) is 19.4. The zero-order valence-electron chi connectivity index (χ0n) is 19.4. The predicted octanol–water partition coefficient (Wildman–Crippen LogP) is 4.52. The van der Waals surface area contributed by atoms with Crippen molar-refractivity contribution in [3.63, 3.8) is 0 Å². The molecule has 1 saturated heterocycles. The quantitative estimate of drug-likeness (QED) is 0.446. The molecule has 2 atom stereocenters. The number of fused-ring (bicyclic) bond motifs is 2. The van der Waals surface area contributed by atoms with Gasteiger partial charge in [-0.2, -0.15) is 5.10 Å². The first-order chi connectivity index (χ1) is 17.6. The van der Waals surface area contributed by atoms with Crippen LogP contribution in [0.1, 0.15) is 34.8 Å². The van der Waals surface area contributed by atoms with Gasteiger partial charge in [-0.05, 0) is 55.3 Å². The lowest BCUT2D eigenvalue weighted by Crippen LogP contribution is -2.40. The summed E-state index contributed by atoms with van der Waals surface area (Å²) in [6, 6.07) is 14.4. The number of nitrogens with zero attached hydrogens (tertiary/aromatic N) is 3. The maximum absolute atomic E-state index is 14.5. The molecule has 2 unspecified atom stereocenters. The third kappa shape index (κ3) is 4.10. The third-order valence-electron chi connectivity index (χ3n) is 6.71. The average molecular weight is 491 g/mol. The first-order valence-electron chi connectivity index (χ1n) is 11.9. The minimum absolute atomic E-state index is 0.275. The molecule has 1 N–H and O–H groups in total. The van der Waals surface area contributed by atoms with E-state index in [1.807, 2.05) is 36.4 Å². The molecule has 6 rings (SSSR count). The van der Waals surface area contributed by atoms with Crippen LogP contribution in [0.25, 0.3) is 5.52 Å². The summed E-state index contributed by atoms with van der Waals surface area (Å²) in [5.74, 6) is 0.181. The van der Waals surface area contributed by atoms with Gasteiger partial charge in [-0.3, -0.25) is 4.79 Å². The zero-order chi connectivity index (χ0) is 24.6. The highest BCUT2D eigenvalue weighted by Gasteiger charge is 2.29. The van der Waals surface area contributed by atoms with Gasteiger partial charge in [0.1, 0.15) is 24.3 Å². The van der Waals surface area contributed by atoms with E-state index < -0.39 is 11.6 Å². The van der Waals surface area contributed by atoms with Crippen molar-refractivity contribution in [1.82, 2.24) is 14.9 Å². The van der Waals surface area contributed by atoms with Crippen LogP contribution in [0.15, 0.2) is 67.0 Å². The fourth-order valence-corrected chi connectivity index (χ4v) is 4.96. The molecular weight excluding hydrogens is 466 g/mol. The summed E-state index contributed by atoms with van der Waals surface area (Å²) in [5, 5.41) is 7.22. The molecule has 7 nitrogen and oxygen atoms in total. The monoisotopic (exact) mass is 490 g/mol. The second-order valence-electron chi connectivity index (χ2n) is 9.00. The van der Waals surface area contributed by atoms with Gasteiger partial charge < -0.3 is 19.7 Å². The number of anilines is 1. The van der Waals surface area contributed by atoms with Crippen LogP contribution in [-0.2, 0) is 0 Å². The topological polar surface area (TPSA) is 68.1 Å². The number of rotatable bonds is 5. The Bertz CT molecular complexity index is 1440. The van der Waals surface area contributed by atoms with Crippen LogP contribution in [0.3, 0.4) is 0 Å². The van der Waals surface area contributed by atoms with Gasteiger partial charge in [0.05, 0.1) is 29.9 Å². The summed E-state index contributed by atoms with van der Waals surface area (Å²) in [5.41, 5.74) is 2.21. The van der Waals surface area contributed by atoms with Crippen molar-refractivity contribution < 1.29 is 23.0 Å². The Balaban J connectivity index is 1.21. The van der Waals surface area contributed by atoms with Gasteiger partial charge in [0, 0.05) is 24.0 Å². The molecule has 2 aromatic heterocycles. The van der Waals surface area contributed by atoms with E-state index in [1.54, 1.807) is 10.7 Å². The van der Waals surface area contributed by atoms with E-state index >= 15 is 0 Å². The van der Waals surface area contributed by atoms with Crippen LogP contribution in [-0.4, -0.2) is 41.3 Å². The Labute approximate surface area is 206 Å². The van der Waals surface area contributed by atoms with Crippen LogP contribution in [0.4, 0.5) is 14.5 Å². The summed E-state index contributed by atoms with van der Waals surface area (Å²) < 4.78 is 41.7. The number of carbonyl (C=O) groups is 1.